The number of carboxylic acids is 1. The first kappa shape index (κ1) is 22.6. The number of benzene rings is 2. The molecule has 3 rings (SSSR count). The van der Waals surface area contributed by atoms with E-state index >= 15 is 0 Å². The van der Waals surface area contributed by atoms with E-state index in [0.717, 1.165) is 0 Å². The van der Waals surface area contributed by atoms with Gasteiger partial charge in [0.1, 0.15) is 5.56 Å². The first-order valence-corrected chi connectivity index (χ1v) is 9.61. The summed E-state index contributed by atoms with van der Waals surface area (Å²) in [6.45, 7) is -0.231. The third kappa shape index (κ3) is 5.77. The number of hydrogen-bond donors (Lipinski definition) is 2. The van der Waals surface area contributed by atoms with E-state index in [0.29, 0.717) is 22.6 Å². The molecule has 162 valence electrons. The molecule has 0 aliphatic heterocycles. The Bertz CT molecular complexity index is 1080. The number of para-hydroxylation sites is 1. The zero-order valence-corrected chi connectivity index (χ0v) is 17.2. The molecule has 0 fully saturated rings. The molecule has 0 amide bonds. The van der Waals surface area contributed by atoms with Crippen LogP contribution >= 0.6 is 23.2 Å². The molecule has 31 heavy (non-hydrogen) atoms. The molecule has 0 radical (unpaired) electrons. The van der Waals surface area contributed by atoms with Crippen LogP contribution in [-0.2, 0) is 11.0 Å². The predicted octanol–water partition coefficient (Wildman–Crippen LogP) is 6.16. The van der Waals surface area contributed by atoms with Gasteiger partial charge in [0.25, 0.3) is 0 Å². The first-order chi connectivity index (χ1) is 14.6. The maximum absolute atomic E-state index is 13.7. The average molecular weight is 471 g/mol. The summed E-state index contributed by atoms with van der Waals surface area (Å²) in [5, 5.41) is 12.4. The summed E-state index contributed by atoms with van der Waals surface area (Å²) in [5.74, 6) is -1.76. The highest BCUT2D eigenvalue weighted by atomic mass is 35.5. The number of aliphatic carboxylic acids is 1. The molecule has 0 spiro atoms. The number of halogens is 5. The lowest BCUT2D eigenvalue weighted by Crippen LogP contribution is -2.25. The summed E-state index contributed by atoms with van der Waals surface area (Å²) >= 11 is 11.9. The zero-order valence-electron chi connectivity index (χ0n) is 15.7. The zero-order chi connectivity index (χ0) is 22.6. The van der Waals surface area contributed by atoms with Gasteiger partial charge in [-0.2, -0.15) is 18.2 Å². The van der Waals surface area contributed by atoms with Gasteiger partial charge < -0.3 is 15.3 Å². The van der Waals surface area contributed by atoms with E-state index in [9.17, 15) is 18.0 Å². The number of carbonyl (C=O) groups is 1. The number of nitrogens with one attached hydrogen (secondary N) is 1. The predicted molar refractivity (Wildman–Crippen MR) is 112 cm³/mol. The third-order valence-corrected chi connectivity index (χ3v) is 4.86. The van der Waals surface area contributed by atoms with Crippen LogP contribution in [-0.4, -0.2) is 27.6 Å². The summed E-state index contributed by atoms with van der Waals surface area (Å²) in [4.78, 5) is 20.1. The summed E-state index contributed by atoms with van der Waals surface area (Å²) in [7, 11) is 0. The van der Waals surface area contributed by atoms with Crippen molar-refractivity contribution in [2.45, 2.75) is 12.6 Å². The van der Waals surface area contributed by atoms with Gasteiger partial charge in [0, 0.05) is 24.1 Å². The molecule has 0 saturated carbocycles. The molecular weight excluding hydrogens is 456 g/mol. The summed E-state index contributed by atoms with van der Waals surface area (Å²) < 4.78 is 41.1. The van der Waals surface area contributed by atoms with Crippen molar-refractivity contribution in [3.8, 4) is 0 Å². The maximum atomic E-state index is 13.7. The van der Waals surface area contributed by atoms with Crippen LogP contribution in [0.3, 0.4) is 0 Å². The molecule has 0 unspecified atom stereocenters. The largest absolute Gasteiger partial charge is 0.481 e. The van der Waals surface area contributed by atoms with Crippen molar-refractivity contribution in [2.24, 2.45) is 0 Å². The van der Waals surface area contributed by atoms with E-state index in [1.165, 1.54) is 17.0 Å². The number of hydrogen-bond acceptors (Lipinski definition) is 5. The number of rotatable bonds is 7. The SMILES string of the molecule is O=C(O)CCN(c1ccccc1)c1nc(Nc2ccc(Cl)c(Cl)c2)ncc1C(F)(F)F. The highest BCUT2D eigenvalue weighted by Crippen LogP contribution is 2.38. The molecule has 2 aromatic carbocycles. The normalized spacial score (nSPS) is 11.3. The molecule has 2 N–H and O–H groups in total. The minimum Gasteiger partial charge on any atom is -0.481 e. The molecule has 1 heterocycles. The molecule has 0 saturated heterocycles. The topological polar surface area (TPSA) is 78.3 Å². The number of anilines is 4. The Hall–Kier alpha value is -3.04. The van der Waals surface area contributed by atoms with Crippen molar-refractivity contribution in [3.05, 3.63) is 70.3 Å². The maximum Gasteiger partial charge on any atom is 0.421 e. The summed E-state index contributed by atoms with van der Waals surface area (Å²) in [5.41, 5.74) is -0.327. The lowest BCUT2D eigenvalue weighted by molar-refractivity contribution is -0.137. The van der Waals surface area contributed by atoms with Crippen LogP contribution in [0.25, 0.3) is 0 Å². The van der Waals surface area contributed by atoms with Gasteiger partial charge in [-0.3, -0.25) is 4.79 Å². The molecule has 0 atom stereocenters. The van der Waals surface area contributed by atoms with Crippen LogP contribution in [0, 0.1) is 0 Å². The van der Waals surface area contributed by atoms with Gasteiger partial charge in [-0.15, -0.1) is 0 Å². The van der Waals surface area contributed by atoms with Gasteiger partial charge in [0.2, 0.25) is 5.95 Å². The summed E-state index contributed by atoms with van der Waals surface area (Å²) in [6, 6.07) is 12.6. The van der Waals surface area contributed by atoms with Gasteiger partial charge in [0.15, 0.2) is 5.82 Å². The van der Waals surface area contributed by atoms with Crippen molar-refractivity contribution < 1.29 is 23.1 Å². The molecular formula is C20H15Cl2F3N4O2. The van der Waals surface area contributed by atoms with Crippen molar-refractivity contribution in [1.82, 2.24) is 9.97 Å². The van der Waals surface area contributed by atoms with Gasteiger partial charge in [-0.25, -0.2) is 4.98 Å². The standard InChI is InChI=1S/C20H15Cl2F3N4O2/c21-15-7-6-12(10-16(15)22)27-19-26-11-14(20(23,24)25)18(28-19)29(9-8-17(30)31)13-4-2-1-3-5-13/h1-7,10-11H,8-9H2,(H,30,31)(H,26,27,28). The summed E-state index contributed by atoms with van der Waals surface area (Å²) in [6.07, 6.45) is -4.50. The highest BCUT2D eigenvalue weighted by Gasteiger charge is 2.37. The van der Waals surface area contributed by atoms with Crippen molar-refractivity contribution in [2.75, 3.05) is 16.8 Å². The molecule has 0 bridgehead atoms. The minimum absolute atomic E-state index is 0.127. The van der Waals surface area contributed by atoms with Crippen molar-refractivity contribution >= 4 is 52.3 Å². The monoisotopic (exact) mass is 470 g/mol. The first-order valence-electron chi connectivity index (χ1n) is 8.86. The second-order valence-corrected chi connectivity index (χ2v) is 7.13. The van der Waals surface area contributed by atoms with E-state index in [4.69, 9.17) is 28.3 Å². The fraction of sp³-hybridized carbons (Fsp3) is 0.150. The number of carboxylic acid groups (broad SMARTS) is 1. The van der Waals surface area contributed by atoms with Crippen LogP contribution in [0.4, 0.5) is 36.3 Å². The van der Waals surface area contributed by atoms with Gasteiger partial charge in [0.05, 0.1) is 16.5 Å². The molecule has 0 aliphatic carbocycles. The molecule has 11 heteroatoms. The number of nitrogens with zero attached hydrogens (tertiary/aromatic N) is 3. The highest BCUT2D eigenvalue weighted by molar-refractivity contribution is 6.42. The minimum atomic E-state index is -4.76. The van der Waals surface area contributed by atoms with Crippen LogP contribution in [0.2, 0.25) is 10.0 Å². The van der Waals surface area contributed by atoms with E-state index < -0.39 is 29.9 Å². The second-order valence-electron chi connectivity index (χ2n) is 6.31. The van der Waals surface area contributed by atoms with Crippen LogP contribution in [0.5, 0.6) is 0 Å². The fourth-order valence-electron chi connectivity index (χ4n) is 2.71. The van der Waals surface area contributed by atoms with E-state index in [-0.39, 0.29) is 17.5 Å². The Kier molecular flexibility index (Phi) is 6.87. The quantitative estimate of drug-likeness (QED) is 0.430. The van der Waals surface area contributed by atoms with E-state index in [2.05, 4.69) is 15.3 Å². The van der Waals surface area contributed by atoms with Crippen molar-refractivity contribution in [1.29, 1.82) is 0 Å². The molecule has 1 aromatic heterocycles. The lowest BCUT2D eigenvalue weighted by atomic mass is 10.2. The fourth-order valence-corrected chi connectivity index (χ4v) is 3.01. The Morgan fingerprint density at radius 1 is 1.10 bits per heavy atom. The Balaban J connectivity index is 2.07. The number of aromatic nitrogens is 2. The van der Waals surface area contributed by atoms with Gasteiger partial charge in [-0.05, 0) is 30.3 Å². The second kappa shape index (κ2) is 9.40. The van der Waals surface area contributed by atoms with Crippen LogP contribution in [0.1, 0.15) is 12.0 Å². The Morgan fingerprint density at radius 2 is 1.81 bits per heavy atom. The van der Waals surface area contributed by atoms with Gasteiger partial charge in [-0.1, -0.05) is 41.4 Å². The van der Waals surface area contributed by atoms with E-state index in [1.54, 1.807) is 36.4 Å². The van der Waals surface area contributed by atoms with E-state index in [1.807, 2.05) is 0 Å². The third-order valence-electron chi connectivity index (χ3n) is 4.12. The van der Waals surface area contributed by atoms with Gasteiger partial charge >= 0.3 is 12.1 Å². The lowest BCUT2D eigenvalue weighted by Gasteiger charge is -2.26. The average Bonchev–Trinajstić information content (AvgIpc) is 2.71. The molecule has 0 aliphatic rings. The molecule has 6 nitrogen and oxygen atoms in total. The smallest absolute Gasteiger partial charge is 0.421 e. The van der Waals surface area contributed by atoms with Crippen LogP contribution in [0.15, 0.2) is 54.7 Å². The Labute approximate surface area is 185 Å². The number of alkyl halides is 3. The Morgan fingerprint density at radius 3 is 2.42 bits per heavy atom. The van der Waals surface area contributed by atoms with Crippen LogP contribution < -0.4 is 10.2 Å². The van der Waals surface area contributed by atoms with Crippen molar-refractivity contribution in [3.63, 3.8) is 0 Å². The molecule has 3 aromatic rings.